The van der Waals surface area contributed by atoms with Gasteiger partial charge in [-0.05, 0) is 47.9 Å². The van der Waals surface area contributed by atoms with Gasteiger partial charge in [-0.2, -0.15) is 0 Å². The van der Waals surface area contributed by atoms with Crippen molar-refractivity contribution >= 4 is 23.2 Å². The second-order valence-corrected chi connectivity index (χ2v) is 7.15. The molecule has 4 nitrogen and oxygen atoms in total. The van der Waals surface area contributed by atoms with Crippen molar-refractivity contribution in [3.05, 3.63) is 88.8 Å². The molecule has 1 aliphatic heterocycles. The number of para-hydroxylation sites is 1. The third kappa shape index (κ3) is 4.01. The van der Waals surface area contributed by atoms with Crippen LogP contribution in [0.1, 0.15) is 22.9 Å². The Morgan fingerprint density at radius 3 is 2.70 bits per heavy atom. The van der Waals surface area contributed by atoms with Gasteiger partial charge in [-0.3, -0.25) is 4.79 Å². The maximum absolute atomic E-state index is 12.4. The van der Waals surface area contributed by atoms with Crippen LogP contribution < -0.4 is 10.2 Å². The average Bonchev–Trinajstić information content (AvgIpc) is 3.35. The van der Waals surface area contributed by atoms with Gasteiger partial charge in [-0.25, -0.2) is 0 Å². The fourth-order valence-electron chi connectivity index (χ4n) is 3.59. The minimum atomic E-state index is -0.0298. The van der Waals surface area contributed by atoms with E-state index in [0.29, 0.717) is 18.0 Å². The zero-order chi connectivity index (χ0) is 18.6. The number of halogens is 1. The first-order chi connectivity index (χ1) is 13.2. The Morgan fingerprint density at radius 1 is 1.11 bits per heavy atom. The fourth-order valence-corrected chi connectivity index (χ4v) is 3.72. The average molecular weight is 381 g/mol. The highest BCUT2D eigenvalue weighted by Gasteiger charge is 2.29. The quantitative estimate of drug-likeness (QED) is 0.689. The lowest BCUT2D eigenvalue weighted by atomic mass is 10.1. The minimum Gasteiger partial charge on any atom is -0.467 e. The second-order valence-electron chi connectivity index (χ2n) is 6.71. The van der Waals surface area contributed by atoms with Gasteiger partial charge < -0.3 is 14.6 Å². The summed E-state index contributed by atoms with van der Waals surface area (Å²) >= 11 is 5.91. The first-order valence-corrected chi connectivity index (χ1v) is 9.47. The van der Waals surface area contributed by atoms with E-state index in [2.05, 4.69) is 34.5 Å². The van der Waals surface area contributed by atoms with Crippen LogP contribution in [0, 0.1) is 0 Å². The smallest absolute Gasteiger partial charge is 0.224 e. The van der Waals surface area contributed by atoms with E-state index < -0.39 is 0 Å². The van der Waals surface area contributed by atoms with Gasteiger partial charge in [-0.15, -0.1) is 0 Å². The highest BCUT2D eigenvalue weighted by molar-refractivity contribution is 6.30. The minimum absolute atomic E-state index is 0.0126. The molecule has 0 radical (unpaired) electrons. The number of hydrogen-bond acceptors (Lipinski definition) is 3. The van der Waals surface area contributed by atoms with Crippen molar-refractivity contribution in [2.24, 2.45) is 0 Å². The van der Waals surface area contributed by atoms with Crippen LogP contribution in [0.3, 0.4) is 0 Å². The number of amides is 1. The van der Waals surface area contributed by atoms with Gasteiger partial charge in [0.2, 0.25) is 5.91 Å². The molecule has 0 saturated carbocycles. The lowest BCUT2D eigenvalue weighted by Gasteiger charge is -2.29. The van der Waals surface area contributed by atoms with Gasteiger partial charge in [0.1, 0.15) is 11.8 Å². The highest BCUT2D eigenvalue weighted by Crippen LogP contribution is 2.34. The normalized spacial score (nSPS) is 14.0. The van der Waals surface area contributed by atoms with E-state index in [-0.39, 0.29) is 11.9 Å². The summed E-state index contributed by atoms with van der Waals surface area (Å²) in [5, 5.41) is 3.74. The number of rotatable bonds is 6. The molecule has 27 heavy (non-hydrogen) atoms. The van der Waals surface area contributed by atoms with Crippen molar-refractivity contribution < 1.29 is 9.21 Å². The molecule has 0 spiro atoms. The zero-order valence-electron chi connectivity index (χ0n) is 14.9. The summed E-state index contributed by atoms with van der Waals surface area (Å²) < 4.78 is 5.68. The first-order valence-electron chi connectivity index (χ1n) is 9.10. The molecule has 1 aromatic heterocycles. The Kier molecular flexibility index (Phi) is 5.16. The summed E-state index contributed by atoms with van der Waals surface area (Å²) in [5.74, 6) is 0.847. The van der Waals surface area contributed by atoms with Gasteiger partial charge in [0.05, 0.1) is 12.7 Å². The van der Waals surface area contributed by atoms with Crippen molar-refractivity contribution in [3.63, 3.8) is 0 Å². The van der Waals surface area contributed by atoms with Crippen LogP contribution in [0.15, 0.2) is 71.3 Å². The van der Waals surface area contributed by atoms with Crippen LogP contribution in [-0.4, -0.2) is 19.0 Å². The maximum atomic E-state index is 12.4. The lowest BCUT2D eigenvalue weighted by molar-refractivity contribution is -0.120. The van der Waals surface area contributed by atoms with Gasteiger partial charge in [0, 0.05) is 23.8 Å². The lowest BCUT2D eigenvalue weighted by Crippen LogP contribution is -2.37. The molecule has 1 aliphatic rings. The van der Waals surface area contributed by atoms with Crippen LogP contribution >= 0.6 is 11.6 Å². The van der Waals surface area contributed by atoms with Gasteiger partial charge in [0.15, 0.2) is 0 Å². The highest BCUT2D eigenvalue weighted by atomic mass is 35.5. The molecular formula is C22H21ClN2O2. The molecule has 0 bridgehead atoms. The Balaban J connectivity index is 1.46. The van der Waals surface area contributed by atoms with Crippen molar-refractivity contribution in [1.82, 2.24) is 5.32 Å². The van der Waals surface area contributed by atoms with Crippen LogP contribution in [0.4, 0.5) is 5.69 Å². The standard InChI is InChI=1S/C22H21ClN2O2/c23-18-9-7-16(8-10-18)14-22(26)24-15-20(21-6-3-13-27-21)25-12-11-17-4-1-2-5-19(17)25/h1-10,13,20H,11-12,14-15H2,(H,24,26)/t20-/m1/s1. The summed E-state index contributed by atoms with van der Waals surface area (Å²) in [4.78, 5) is 14.8. The van der Waals surface area contributed by atoms with Crippen LogP contribution in [0.5, 0.6) is 0 Å². The number of carbonyl (C=O) groups excluding carboxylic acids is 1. The Labute approximate surface area is 163 Å². The molecule has 1 N–H and O–H groups in total. The Bertz CT molecular complexity index is 906. The number of carbonyl (C=O) groups is 1. The number of nitrogens with zero attached hydrogens (tertiary/aromatic N) is 1. The van der Waals surface area contributed by atoms with E-state index in [1.54, 1.807) is 18.4 Å². The zero-order valence-corrected chi connectivity index (χ0v) is 15.7. The van der Waals surface area contributed by atoms with E-state index in [4.69, 9.17) is 16.0 Å². The van der Waals surface area contributed by atoms with E-state index in [0.717, 1.165) is 24.3 Å². The van der Waals surface area contributed by atoms with E-state index in [9.17, 15) is 4.79 Å². The molecule has 0 fully saturated rings. The van der Waals surface area contributed by atoms with E-state index in [1.165, 1.54) is 11.3 Å². The number of furan rings is 1. The third-order valence-corrected chi connectivity index (χ3v) is 5.19. The molecular weight excluding hydrogens is 360 g/mol. The summed E-state index contributed by atoms with van der Waals surface area (Å²) in [7, 11) is 0. The molecule has 4 rings (SSSR count). The number of benzene rings is 2. The predicted molar refractivity (Wildman–Crippen MR) is 107 cm³/mol. The van der Waals surface area contributed by atoms with Crippen molar-refractivity contribution in [2.75, 3.05) is 18.0 Å². The topological polar surface area (TPSA) is 45.5 Å². The molecule has 2 aromatic carbocycles. The molecule has 0 saturated heterocycles. The summed E-state index contributed by atoms with van der Waals surface area (Å²) in [5.41, 5.74) is 3.49. The van der Waals surface area contributed by atoms with Crippen LogP contribution in [0.2, 0.25) is 5.02 Å². The number of anilines is 1. The van der Waals surface area contributed by atoms with Crippen molar-refractivity contribution in [1.29, 1.82) is 0 Å². The Hall–Kier alpha value is -2.72. The monoisotopic (exact) mass is 380 g/mol. The molecule has 1 amide bonds. The molecule has 138 valence electrons. The summed E-state index contributed by atoms with van der Waals surface area (Å²) in [6.45, 7) is 1.41. The summed E-state index contributed by atoms with van der Waals surface area (Å²) in [6.07, 6.45) is 3.02. The predicted octanol–water partition coefficient (Wildman–Crippen LogP) is 4.40. The summed E-state index contributed by atoms with van der Waals surface area (Å²) in [6, 6.07) is 19.6. The second kappa shape index (κ2) is 7.89. The van der Waals surface area contributed by atoms with Crippen LogP contribution in [0.25, 0.3) is 0 Å². The van der Waals surface area contributed by atoms with Gasteiger partial charge in [0.25, 0.3) is 0 Å². The Morgan fingerprint density at radius 2 is 1.93 bits per heavy atom. The molecule has 0 aliphatic carbocycles. The number of hydrogen-bond donors (Lipinski definition) is 1. The van der Waals surface area contributed by atoms with Gasteiger partial charge >= 0.3 is 0 Å². The SMILES string of the molecule is O=C(Cc1ccc(Cl)cc1)NC[C@H](c1ccco1)N1CCc2ccccc21. The third-order valence-electron chi connectivity index (χ3n) is 4.94. The number of fused-ring (bicyclic) bond motifs is 1. The van der Waals surface area contributed by atoms with Crippen molar-refractivity contribution in [3.8, 4) is 0 Å². The van der Waals surface area contributed by atoms with E-state index >= 15 is 0 Å². The molecule has 2 heterocycles. The molecule has 3 aromatic rings. The van der Waals surface area contributed by atoms with E-state index in [1.807, 2.05) is 24.3 Å². The number of nitrogens with one attached hydrogen (secondary N) is 1. The van der Waals surface area contributed by atoms with Gasteiger partial charge in [-0.1, -0.05) is 41.9 Å². The molecule has 1 atom stereocenters. The largest absolute Gasteiger partial charge is 0.467 e. The van der Waals surface area contributed by atoms with Crippen molar-refractivity contribution in [2.45, 2.75) is 18.9 Å². The maximum Gasteiger partial charge on any atom is 0.224 e. The fraction of sp³-hybridized carbons (Fsp3) is 0.227. The molecule has 0 unspecified atom stereocenters. The molecule has 5 heteroatoms. The van der Waals surface area contributed by atoms with Crippen LogP contribution in [-0.2, 0) is 17.6 Å². The first kappa shape index (κ1) is 17.7.